The SMILES string of the molecule is CCCCCCCCCC/C=C1/CCCC1=O. The number of carbonyl (C=O) groups excluding carboxylic acids is 1. The second kappa shape index (κ2) is 9.44. The van der Waals surface area contributed by atoms with Gasteiger partial charge in [0, 0.05) is 6.42 Å². The van der Waals surface area contributed by atoms with E-state index in [0.717, 1.165) is 31.3 Å². The van der Waals surface area contributed by atoms with Crippen molar-refractivity contribution in [1.29, 1.82) is 0 Å². The molecule has 0 saturated heterocycles. The van der Waals surface area contributed by atoms with E-state index in [1.165, 1.54) is 51.4 Å². The quantitative estimate of drug-likeness (QED) is 0.397. The van der Waals surface area contributed by atoms with Gasteiger partial charge in [-0.25, -0.2) is 0 Å². The summed E-state index contributed by atoms with van der Waals surface area (Å²) in [6, 6.07) is 0. The van der Waals surface area contributed by atoms with Gasteiger partial charge in [0.25, 0.3) is 0 Å². The van der Waals surface area contributed by atoms with Gasteiger partial charge in [-0.1, -0.05) is 57.9 Å². The van der Waals surface area contributed by atoms with Crippen molar-refractivity contribution >= 4 is 5.78 Å². The molecule has 1 aliphatic rings. The lowest BCUT2D eigenvalue weighted by molar-refractivity contribution is -0.114. The molecule has 0 aromatic rings. The van der Waals surface area contributed by atoms with Gasteiger partial charge in [-0.3, -0.25) is 4.79 Å². The summed E-state index contributed by atoms with van der Waals surface area (Å²) in [4.78, 5) is 11.4. The molecule has 98 valence electrons. The van der Waals surface area contributed by atoms with E-state index in [1.54, 1.807) is 0 Å². The van der Waals surface area contributed by atoms with Gasteiger partial charge in [0.2, 0.25) is 0 Å². The third-order valence-electron chi connectivity index (χ3n) is 3.66. The van der Waals surface area contributed by atoms with Crippen LogP contribution in [0.25, 0.3) is 0 Å². The molecule has 1 nitrogen and oxygen atoms in total. The van der Waals surface area contributed by atoms with Crippen LogP contribution in [0.1, 0.15) is 84.0 Å². The molecule has 1 aliphatic carbocycles. The van der Waals surface area contributed by atoms with Crippen molar-refractivity contribution < 1.29 is 4.79 Å². The fourth-order valence-corrected chi connectivity index (χ4v) is 2.51. The first-order valence-electron chi connectivity index (χ1n) is 7.57. The fourth-order valence-electron chi connectivity index (χ4n) is 2.51. The van der Waals surface area contributed by atoms with E-state index in [2.05, 4.69) is 13.0 Å². The molecule has 0 atom stereocenters. The summed E-state index contributed by atoms with van der Waals surface area (Å²) in [5, 5.41) is 0. The first-order chi connectivity index (χ1) is 8.34. The molecule has 0 radical (unpaired) electrons. The van der Waals surface area contributed by atoms with Crippen LogP contribution < -0.4 is 0 Å². The molecule has 0 aromatic heterocycles. The van der Waals surface area contributed by atoms with E-state index < -0.39 is 0 Å². The highest BCUT2D eigenvalue weighted by atomic mass is 16.1. The van der Waals surface area contributed by atoms with Crippen LogP contribution in [0.15, 0.2) is 11.6 Å². The van der Waals surface area contributed by atoms with Crippen molar-refractivity contribution in [2.45, 2.75) is 84.0 Å². The zero-order valence-electron chi connectivity index (χ0n) is 11.5. The highest BCUT2D eigenvalue weighted by molar-refractivity contribution is 5.97. The second-order valence-electron chi connectivity index (χ2n) is 5.27. The van der Waals surface area contributed by atoms with Crippen LogP contribution >= 0.6 is 0 Å². The monoisotopic (exact) mass is 236 g/mol. The maximum Gasteiger partial charge on any atom is 0.158 e. The van der Waals surface area contributed by atoms with Gasteiger partial charge in [0.15, 0.2) is 5.78 Å². The Morgan fingerprint density at radius 1 is 0.941 bits per heavy atom. The van der Waals surface area contributed by atoms with E-state index in [1.807, 2.05) is 0 Å². The number of carbonyl (C=O) groups is 1. The summed E-state index contributed by atoms with van der Waals surface area (Å²) >= 11 is 0. The zero-order chi connectivity index (χ0) is 12.3. The maximum absolute atomic E-state index is 11.4. The predicted octanol–water partition coefficient (Wildman–Crippen LogP) is 5.20. The number of hydrogen-bond donors (Lipinski definition) is 0. The van der Waals surface area contributed by atoms with Crippen LogP contribution in [-0.2, 0) is 4.79 Å². The Morgan fingerprint density at radius 2 is 1.59 bits per heavy atom. The summed E-state index contributed by atoms with van der Waals surface area (Å²) < 4.78 is 0. The van der Waals surface area contributed by atoms with Crippen molar-refractivity contribution in [2.24, 2.45) is 0 Å². The second-order valence-corrected chi connectivity index (χ2v) is 5.27. The van der Waals surface area contributed by atoms with E-state index >= 15 is 0 Å². The maximum atomic E-state index is 11.4. The standard InChI is InChI=1S/C16H28O/c1-2-3-4-5-6-7-8-9-10-12-15-13-11-14-16(15)17/h12H,2-11,13-14H2,1H3/b15-12-. The third-order valence-corrected chi connectivity index (χ3v) is 3.66. The first-order valence-corrected chi connectivity index (χ1v) is 7.57. The summed E-state index contributed by atoms with van der Waals surface area (Å²) in [5.41, 5.74) is 1.12. The lowest BCUT2D eigenvalue weighted by Gasteiger charge is -2.00. The topological polar surface area (TPSA) is 17.1 Å². The van der Waals surface area contributed by atoms with Crippen molar-refractivity contribution in [3.8, 4) is 0 Å². The molecule has 0 amide bonds. The van der Waals surface area contributed by atoms with Crippen molar-refractivity contribution in [2.75, 3.05) is 0 Å². The normalized spacial score (nSPS) is 18.2. The lowest BCUT2D eigenvalue weighted by Crippen LogP contribution is -1.91. The van der Waals surface area contributed by atoms with Gasteiger partial charge in [0.1, 0.15) is 0 Å². The van der Waals surface area contributed by atoms with Crippen LogP contribution in [0.2, 0.25) is 0 Å². The fraction of sp³-hybridized carbons (Fsp3) is 0.812. The molecular weight excluding hydrogens is 208 g/mol. The Hall–Kier alpha value is -0.590. The molecule has 0 aromatic carbocycles. The summed E-state index contributed by atoms with van der Waals surface area (Å²) in [6.45, 7) is 2.26. The van der Waals surface area contributed by atoms with Crippen LogP contribution in [0.5, 0.6) is 0 Å². The minimum Gasteiger partial charge on any atom is -0.295 e. The van der Waals surface area contributed by atoms with Crippen LogP contribution in [-0.4, -0.2) is 5.78 Å². The van der Waals surface area contributed by atoms with E-state index in [4.69, 9.17) is 0 Å². The number of Topliss-reactive ketones (excluding diaryl/α,β-unsaturated/α-hetero) is 1. The molecule has 0 spiro atoms. The average Bonchev–Trinajstić information content (AvgIpc) is 2.73. The number of unbranched alkanes of at least 4 members (excludes halogenated alkanes) is 8. The Balaban J connectivity index is 1.89. The molecule has 0 unspecified atom stereocenters. The van der Waals surface area contributed by atoms with Crippen molar-refractivity contribution in [1.82, 2.24) is 0 Å². The third kappa shape index (κ3) is 6.65. The molecule has 1 saturated carbocycles. The molecule has 1 heteroatoms. The Kier molecular flexibility index (Phi) is 8.04. The van der Waals surface area contributed by atoms with Crippen molar-refractivity contribution in [3.05, 3.63) is 11.6 Å². The predicted molar refractivity (Wildman–Crippen MR) is 74.2 cm³/mol. The van der Waals surface area contributed by atoms with Gasteiger partial charge in [-0.2, -0.15) is 0 Å². The summed E-state index contributed by atoms with van der Waals surface area (Å²) in [6.07, 6.45) is 17.2. The highest BCUT2D eigenvalue weighted by Crippen LogP contribution is 2.21. The Morgan fingerprint density at radius 3 is 2.18 bits per heavy atom. The average molecular weight is 236 g/mol. The van der Waals surface area contributed by atoms with Crippen LogP contribution in [0, 0.1) is 0 Å². The molecular formula is C16H28O. The molecule has 0 heterocycles. The van der Waals surface area contributed by atoms with E-state index in [0.29, 0.717) is 5.78 Å². The van der Waals surface area contributed by atoms with E-state index in [-0.39, 0.29) is 0 Å². The number of allylic oxidation sites excluding steroid dienone is 2. The van der Waals surface area contributed by atoms with Gasteiger partial charge < -0.3 is 0 Å². The Labute approximate surface area is 107 Å². The number of ketones is 1. The zero-order valence-corrected chi connectivity index (χ0v) is 11.5. The minimum absolute atomic E-state index is 0.407. The Bertz CT molecular complexity index is 240. The molecule has 1 rings (SSSR count). The molecule has 1 fully saturated rings. The van der Waals surface area contributed by atoms with Crippen LogP contribution in [0.3, 0.4) is 0 Å². The first kappa shape index (κ1) is 14.5. The number of rotatable bonds is 9. The molecule has 17 heavy (non-hydrogen) atoms. The largest absolute Gasteiger partial charge is 0.295 e. The minimum atomic E-state index is 0.407. The van der Waals surface area contributed by atoms with Gasteiger partial charge >= 0.3 is 0 Å². The summed E-state index contributed by atoms with van der Waals surface area (Å²) in [7, 11) is 0. The summed E-state index contributed by atoms with van der Waals surface area (Å²) in [5.74, 6) is 0.407. The van der Waals surface area contributed by atoms with E-state index in [9.17, 15) is 4.79 Å². The molecule has 0 bridgehead atoms. The van der Waals surface area contributed by atoms with Gasteiger partial charge in [-0.05, 0) is 31.3 Å². The highest BCUT2D eigenvalue weighted by Gasteiger charge is 2.15. The van der Waals surface area contributed by atoms with Gasteiger partial charge in [-0.15, -0.1) is 0 Å². The smallest absolute Gasteiger partial charge is 0.158 e. The van der Waals surface area contributed by atoms with Crippen LogP contribution in [0.4, 0.5) is 0 Å². The van der Waals surface area contributed by atoms with Gasteiger partial charge in [0.05, 0.1) is 0 Å². The lowest BCUT2D eigenvalue weighted by atomic mass is 10.1. The van der Waals surface area contributed by atoms with Crippen molar-refractivity contribution in [3.63, 3.8) is 0 Å². The molecule has 0 aliphatic heterocycles. The molecule has 0 N–H and O–H groups in total. The number of hydrogen-bond acceptors (Lipinski definition) is 1.